The number of aromatic nitrogens is 2. The molecule has 7 heteroatoms. The van der Waals surface area contributed by atoms with Crippen molar-refractivity contribution in [1.82, 2.24) is 14.5 Å². The van der Waals surface area contributed by atoms with Crippen molar-refractivity contribution in [2.45, 2.75) is 32.9 Å². The number of aryl methyl sites for hydroxylation is 3. The third-order valence-corrected chi connectivity index (χ3v) is 6.34. The number of carbonyl (C=O) groups is 2. The number of likely N-dealkylation sites (N-methyl/N-ethyl adjacent to an activating group) is 1. The first-order valence-corrected chi connectivity index (χ1v) is 11.1. The Morgan fingerprint density at radius 1 is 1.06 bits per heavy atom. The van der Waals surface area contributed by atoms with E-state index < -0.39 is 0 Å². The van der Waals surface area contributed by atoms with Gasteiger partial charge in [-0.2, -0.15) is 0 Å². The summed E-state index contributed by atoms with van der Waals surface area (Å²) in [4.78, 5) is 30.8. The van der Waals surface area contributed by atoms with Gasteiger partial charge in [0.15, 0.2) is 5.16 Å². The highest BCUT2D eigenvalue weighted by molar-refractivity contribution is 7.99. The van der Waals surface area contributed by atoms with E-state index in [0.29, 0.717) is 0 Å². The van der Waals surface area contributed by atoms with Gasteiger partial charge >= 0.3 is 0 Å². The summed E-state index contributed by atoms with van der Waals surface area (Å²) in [5.41, 5.74) is 6.35. The van der Waals surface area contributed by atoms with Crippen LogP contribution in [0.5, 0.6) is 0 Å². The maximum atomic E-state index is 12.6. The molecular weight excluding hydrogens is 408 g/mol. The predicted molar refractivity (Wildman–Crippen MR) is 126 cm³/mol. The Bertz CT molecular complexity index is 1110. The monoisotopic (exact) mass is 436 g/mol. The Labute approximate surface area is 187 Å². The molecule has 0 aliphatic carbocycles. The number of hydrogen-bond donors (Lipinski definition) is 1. The minimum atomic E-state index is -0.216. The van der Waals surface area contributed by atoms with Crippen LogP contribution >= 0.6 is 11.8 Å². The Hall–Kier alpha value is -3.06. The molecular formula is C24H28N4O2S. The number of anilines is 1. The minimum Gasteiger partial charge on any atom is -0.336 e. The Morgan fingerprint density at radius 2 is 1.84 bits per heavy atom. The molecule has 0 radical (unpaired) electrons. The predicted octanol–water partition coefficient (Wildman–Crippen LogP) is 4.30. The average molecular weight is 437 g/mol. The second kappa shape index (κ2) is 9.83. The highest BCUT2D eigenvalue weighted by Gasteiger charge is 2.16. The van der Waals surface area contributed by atoms with E-state index in [1.807, 2.05) is 48.9 Å². The van der Waals surface area contributed by atoms with E-state index >= 15 is 0 Å². The molecule has 0 fully saturated rings. The van der Waals surface area contributed by atoms with Crippen LogP contribution in [-0.2, 0) is 9.59 Å². The number of amides is 2. The van der Waals surface area contributed by atoms with Gasteiger partial charge in [0.25, 0.3) is 0 Å². The molecule has 162 valence electrons. The summed E-state index contributed by atoms with van der Waals surface area (Å²) in [5.74, 6) is -0.142. The van der Waals surface area contributed by atoms with Crippen molar-refractivity contribution in [1.29, 1.82) is 0 Å². The molecule has 1 aromatic heterocycles. The van der Waals surface area contributed by atoms with Crippen LogP contribution in [-0.4, -0.2) is 45.6 Å². The number of carbonyl (C=O) groups excluding carboxylic acids is 2. The fourth-order valence-corrected chi connectivity index (χ4v) is 4.00. The Kier molecular flexibility index (Phi) is 7.17. The summed E-state index contributed by atoms with van der Waals surface area (Å²) in [5, 5.41) is 3.63. The lowest BCUT2D eigenvalue weighted by Crippen LogP contribution is -2.36. The smallest absolute Gasteiger partial charge is 0.243 e. The third kappa shape index (κ3) is 5.55. The van der Waals surface area contributed by atoms with E-state index in [1.54, 1.807) is 13.2 Å². The van der Waals surface area contributed by atoms with Crippen molar-refractivity contribution in [2.75, 3.05) is 24.7 Å². The maximum absolute atomic E-state index is 12.6. The molecule has 1 N–H and O–H groups in total. The summed E-state index contributed by atoms with van der Waals surface area (Å²) in [6.07, 6.45) is 3.61. The number of imidazole rings is 1. The van der Waals surface area contributed by atoms with Crippen molar-refractivity contribution in [2.24, 2.45) is 0 Å². The minimum absolute atomic E-state index is 0.00161. The van der Waals surface area contributed by atoms with Gasteiger partial charge in [0.2, 0.25) is 11.8 Å². The molecule has 0 saturated heterocycles. The zero-order valence-corrected chi connectivity index (χ0v) is 19.4. The largest absolute Gasteiger partial charge is 0.336 e. The van der Waals surface area contributed by atoms with E-state index in [-0.39, 0.29) is 24.1 Å². The van der Waals surface area contributed by atoms with Crippen LogP contribution in [0.25, 0.3) is 5.69 Å². The Balaban J connectivity index is 1.57. The normalized spacial score (nSPS) is 10.7. The third-order valence-electron chi connectivity index (χ3n) is 5.39. The number of benzene rings is 2. The fraction of sp³-hybridized carbons (Fsp3) is 0.292. The average Bonchev–Trinajstić information content (AvgIpc) is 3.20. The molecule has 6 nitrogen and oxygen atoms in total. The van der Waals surface area contributed by atoms with E-state index in [2.05, 4.69) is 36.3 Å². The first kappa shape index (κ1) is 22.6. The summed E-state index contributed by atoms with van der Waals surface area (Å²) in [7, 11) is 1.64. The van der Waals surface area contributed by atoms with Crippen LogP contribution in [0.1, 0.15) is 22.3 Å². The fourth-order valence-electron chi connectivity index (χ4n) is 3.08. The molecule has 31 heavy (non-hydrogen) atoms. The van der Waals surface area contributed by atoms with E-state index in [9.17, 15) is 9.59 Å². The molecule has 0 aliphatic heterocycles. The van der Waals surface area contributed by atoms with Crippen LogP contribution in [0.3, 0.4) is 0 Å². The lowest BCUT2D eigenvalue weighted by Gasteiger charge is -2.17. The quantitative estimate of drug-likeness (QED) is 0.561. The lowest BCUT2D eigenvalue weighted by atomic mass is 10.1. The van der Waals surface area contributed by atoms with Crippen LogP contribution < -0.4 is 5.32 Å². The van der Waals surface area contributed by atoms with E-state index in [1.165, 1.54) is 27.8 Å². The SMILES string of the molecule is Cc1ccc(-n2ccnc2SCC(=O)N(C)CC(=O)Nc2cccc(C)c2C)cc1C. The van der Waals surface area contributed by atoms with Crippen molar-refractivity contribution in [3.8, 4) is 5.69 Å². The molecule has 0 bridgehead atoms. The number of rotatable bonds is 7. The van der Waals surface area contributed by atoms with Gasteiger partial charge in [-0.3, -0.25) is 14.2 Å². The molecule has 3 aromatic rings. The van der Waals surface area contributed by atoms with Gasteiger partial charge in [0.1, 0.15) is 0 Å². The van der Waals surface area contributed by atoms with Gasteiger partial charge in [0.05, 0.1) is 12.3 Å². The second-order valence-corrected chi connectivity index (χ2v) is 8.63. The topological polar surface area (TPSA) is 67.2 Å². The maximum Gasteiger partial charge on any atom is 0.243 e. The highest BCUT2D eigenvalue weighted by Crippen LogP contribution is 2.22. The zero-order chi connectivity index (χ0) is 22.5. The molecule has 0 aliphatic rings. The number of nitrogens with zero attached hydrogens (tertiary/aromatic N) is 3. The van der Waals surface area contributed by atoms with Crippen LogP contribution in [0.2, 0.25) is 0 Å². The molecule has 0 saturated carbocycles. The van der Waals surface area contributed by atoms with Gasteiger partial charge in [-0.15, -0.1) is 0 Å². The zero-order valence-electron chi connectivity index (χ0n) is 18.6. The summed E-state index contributed by atoms with van der Waals surface area (Å²) in [6.45, 7) is 8.12. The second-order valence-electron chi connectivity index (χ2n) is 7.68. The molecule has 0 atom stereocenters. The van der Waals surface area contributed by atoms with Crippen molar-refractivity contribution in [3.63, 3.8) is 0 Å². The molecule has 0 unspecified atom stereocenters. The van der Waals surface area contributed by atoms with Gasteiger partial charge in [-0.05, 0) is 68.1 Å². The number of thioether (sulfide) groups is 1. The van der Waals surface area contributed by atoms with Crippen molar-refractivity contribution >= 4 is 29.3 Å². The van der Waals surface area contributed by atoms with E-state index in [4.69, 9.17) is 0 Å². The van der Waals surface area contributed by atoms with Gasteiger partial charge < -0.3 is 10.2 Å². The van der Waals surface area contributed by atoms with Crippen molar-refractivity contribution < 1.29 is 9.59 Å². The van der Waals surface area contributed by atoms with Gasteiger partial charge in [-0.1, -0.05) is 30.0 Å². The summed E-state index contributed by atoms with van der Waals surface area (Å²) >= 11 is 1.36. The van der Waals surface area contributed by atoms with E-state index in [0.717, 1.165) is 27.7 Å². The lowest BCUT2D eigenvalue weighted by molar-refractivity contribution is -0.131. The standard InChI is InChI=1S/C24H28N4O2S/c1-16-9-10-20(13-18(16)3)28-12-11-25-24(28)31-15-23(30)27(5)14-22(29)26-21-8-6-7-17(2)19(21)4/h6-13H,14-15H2,1-5H3,(H,26,29). The molecule has 2 amide bonds. The van der Waals surface area contributed by atoms with Gasteiger partial charge in [0, 0.05) is 30.8 Å². The molecule has 2 aromatic carbocycles. The number of nitrogens with one attached hydrogen (secondary N) is 1. The summed E-state index contributed by atoms with van der Waals surface area (Å²) in [6, 6.07) is 12.0. The van der Waals surface area contributed by atoms with Gasteiger partial charge in [-0.25, -0.2) is 4.98 Å². The summed E-state index contributed by atoms with van der Waals surface area (Å²) < 4.78 is 1.97. The molecule has 1 heterocycles. The molecule has 3 rings (SSSR count). The number of hydrogen-bond acceptors (Lipinski definition) is 4. The van der Waals surface area contributed by atoms with Crippen LogP contribution in [0, 0.1) is 27.7 Å². The van der Waals surface area contributed by atoms with Crippen molar-refractivity contribution in [3.05, 3.63) is 71.0 Å². The highest BCUT2D eigenvalue weighted by atomic mass is 32.2. The Morgan fingerprint density at radius 3 is 2.58 bits per heavy atom. The van der Waals surface area contributed by atoms with Crippen LogP contribution in [0.15, 0.2) is 53.9 Å². The first-order valence-electron chi connectivity index (χ1n) is 10.1. The first-order chi connectivity index (χ1) is 14.8. The molecule has 0 spiro atoms. The van der Waals surface area contributed by atoms with Crippen LogP contribution in [0.4, 0.5) is 5.69 Å².